The molecule has 6 nitrogen and oxygen atoms in total. The molecule has 6 heteroatoms. The predicted molar refractivity (Wildman–Crippen MR) is 278 cm³/mol. The number of hydrogen-bond donors (Lipinski definition) is 0. The largest absolute Gasteiger partial charge is 0.309 e. The molecule has 0 atom stereocenters. The maximum absolute atomic E-state index is 5.43. The SMILES string of the molecule is c1ccc(-c2nc(-c3ccc(-c4cccc5c4cc(-c4ccccc4)n4nc(-c6ccccc6)c(-c6ccccc6)c54)cc3)nc(-c3cccc(-n4c5ccccc5c5ccccc54)c3)n2)cc1. The topological polar surface area (TPSA) is 60.9 Å². The number of nitrogens with zero attached hydrogens (tertiary/aromatic N) is 6. The van der Waals surface area contributed by atoms with E-state index in [1.165, 1.54) is 10.8 Å². The zero-order valence-corrected chi connectivity index (χ0v) is 36.8. The molecule has 4 heterocycles. The third-order valence-corrected chi connectivity index (χ3v) is 13.0. The summed E-state index contributed by atoms with van der Waals surface area (Å²) in [6.07, 6.45) is 0. The van der Waals surface area contributed by atoms with E-state index >= 15 is 0 Å². The van der Waals surface area contributed by atoms with Crippen LogP contribution in [0.25, 0.3) is 123 Å². The molecule has 68 heavy (non-hydrogen) atoms. The predicted octanol–water partition coefficient (Wildman–Crippen LogP) is 15.4. The van der Waals surface area contributed by atoms with E-state index in [0.29, 0.717) is 17.5 Å². The molecule has 0 fully saturated rings. The van der Waals surface area contributed by atoms with Gasteiger partial charge in [0, 0.05) is 55.2 Å². The van der Waals surface area contributed by atoms with Crippen LogP contribution in [-0.2, 0) is 0 Å². The number of fused-ring (bicyclic) bond motifs is 6. The lowest BCUT2D eigenvalue weighted by Gasteiger charge is -2.14. The zero-order chi connectivity index (χ0) is 45.0. The summed E-state index contributed by atoms with van der Waals surface area (Å²) < 4.78 is 4.47. The minimum absolute atomic E-state index is 0.605. The maximum Gasteiger partial charge on any atom is 0.164 e. The van der Waals surface area contributed by atoms with Crippen LogP contribution in [0.5, 0.6) is 0 Å². The van der Waals surface area contributed by atoms with E-state index in [9.17, 15) is 0 Å². The smallest absolute Gasteiger partial charge is 0.164 e. The molecule has 0 saturated carbocycles. The van der Waals surface area contributed by atoms with Crippen molar-refractivity contribution in [3.05, 3.63) is 243 Å². The first-order valence-electron chi connectivity index (χ1n) is 22.9. The molecule has 0 saturated heterocycles. The third-order valence-electron chi connectivity index (χ3n) is 13.0. The number of pyridine rings is 1. The van der Waals surface area contributed by atoms with Gasteiger partial charge in [0.15, 0.2) is 17.5 Å². The van der Waals surface area contributed by atoms with Crippen LogP contribution in [0.2, 0.25) is 0 Å². The number of aromatic nitrogens is 6. The van der Waals surface area contributed by atoms with E-state index < -0.39 is 0 Å². The van der Waals surface area contributed by atoms with Crippen LogP contribution < -0.4 is 0 Å². The second-order valence-electron chi connectivity index (χ2n) is 17.0. The van der Waals surface area contributed by atoms with E-state index in [-0.39, 0.29) is 0 Å². The van der Waals surface area contributed by atoms with Crippen molar-refractivity contribution in [3.8, 4) is 84.6 Å². The van der Waals surface area contributed by atoms with Gasteiger partial charge >= 0.3 is 0 Å². The van der Waals surface area contributed by atoms with Crippen molar-refractivity contribution >= 4 is 38.1 Å². The molecule has 4 aromatic heterocycles. The number of para-hydroxylation sites is 2. The third kappa shape index (κ3) is 6.66. The lowest BCUT2D eigenvalue weighted by atomic mass is 9.93. The molecule has 0 radical (unpaired) electrons. The molecule has 318 valence electrons. The van der Waals surface area contributed by atoms with Crippen molar-refractivity contribution in [3.63, 3.8) is 0 Å². The summed E-state index contributed by atoms with van der Waals surface area (Å²) in [5, 5.41) is 10.1. The van der Waals surface area contributed by atoms with Crippen molar-refractivity contribution in [1.29, 1.82) is 0 Å². The first-order chi connectivity index (χ1) is 33.7. The van der Waals surface area contributed by atoms with Gasteiger partial charge in [-0.2, -0.15) is 5.10 Å². The minimum Gasteiger partial charge on any atom is -0.309 e. The summed E-state index contributed by atoms with van der Waals surface area (Å²) in [6.45, 7) is 0. The van der Waals surface area contributed by atoms with Crippen LogP contribution in [-0.4, -0.2) is 29.1 Å². The van der Waals surface area contributed by atoms with Crippen molar-refractivity contribution in [2.24, 2.45) is 0 Å². The monoisotopic (exact) mass is 868 g/mol. The van der Waals surface area contributed by atoms with Gasteiger partial charge in [0.25, 0.3) is 0 Å². The highest BCUT2D eigenvalue weighted by Crippen LogP contribution is 2.43. The summed E-state index contributed by atoms with van der Waals surface area (Å²) in [7, 11) is 0. The Hall–Kier alpha value is -9.26. The number of rotatable bonds is 8. The average molecular weight is 869 g/mol. The van der Waals surface area contributed by atoms with Gasteiger partial charge in [0.2, 0.25) is 0 Å². The van der Waals surface area contributed by atoms with Crippen molar-refractivity contribution in [2.45, 2.75) is 0 Å². The summed E-state index contributed by atoms with van der Waals surface area (Å²) in [5.41, 5.74) is 15.7. The Morgan fingerprint density at radius 1 is 0.309 bits per heavy atom. The molecule has 0 aliphatic carbocycles. The normalized spacial score (nSPS) is 11.5. The Morgan fingerprint density at radius 2 is 0.779 bits per heavy atom. The summed E-state index contributed by atoms with van der Waals surface area (Å²) in [4.78, 5) is 15.4. The van der Waals surface area contributed by atoms with Gasteiger partial charge in [-0.15, -0.1) is 0 Å². The molecule has 0 N–H and O–H groups in total. The number of benzene rings is 9. The van der Waals surface area contributed by atoms with Crippen LogP contribution in [0.1, 0.15) is 0 Å². The summed E-state index contributed by atoms with van der Waals surface area (Å²) in [5.74, 6) is 1.83. The van der Waals surface area contributed by atoms with E-state index in [1.54, 1.807) is 0 Å². The molecular formula is C62H40N6. The average Bonchev–Trinajstić information content (AvgIpc) is 3.99. The Balaban J connectivity index is 0.961. The van der Waals surface area contributed by atoms with E-state index in [4.69, 9.17) is 20.1 Å². The van der Waals surface area contributed by atoms with E-state index in [0.717, 1.165) is 94.5 Å². The Morgan fingerprint density at radius 3 is 1.41 bits per heavy atom. The molecule has 9 aromatic carbocycles. The lowest BCUT2D eigenvalue weighted by molar-refractivity contribution is 0.979. The van der Waals surface area contributed by atoms with Crippen LogP contribution in [0.3, 0.4) is 0 Å². The van der Waals surface area contributed by atoms with Crippen LogP contribution in [0, 0.1) is 0 Å². The highest BCUT2D eigenvalue weighted by atomic mass is 15.2. The lowest BCUT2D eigenvalue weighted by Crippen LogP contribution is -2.01. The highest BCUT2D eigenvalue weighted by molar-refractivity contribution is 6.13. The quantitative estimate of drug-likeness (QED) is 0.153. The second kappa shape index (κ2) is 16.3. The van der Waals surface area contributed by atoms with Gasteiger partial charge in [-0.1, -0.05) is 212 Å². The molecule has 0 aliphatic heterocycles. The fourth-order valence-electron chi connectivity index (χ4n) is 9.84. The molecule has 13 rings (SSSR count). The minimum atomic E-state index is 0.605. The standard InChI is InChI=1S/C62H40N6/c1-5-19-42(20-6-1)56-40-53-49(31-18-32-52(53)59-57(43-21-7-2-8-22-43)58(66-68(56)59)44-23-9-3-10-24-44)41-35-37-46(38-36-41)61-63-60(45-25-11-4-12-26-45)64-62(65-61)47-27-17-28-48(39-47)67-54-33-15-13-29-50(54)51-30-14-16-34-55(51)67/h1-40H. The molecule has 0 spiro atoms. The van der Waals surface area contributed by atoms with Crippen molar-refractivity contribution in [2.75, 3.05) is 0 Å². The zero-order valence-electron chi connectivity index (χ0n) is 36.8. The van der Waals surface area contributed by atoms with Crippen molar-refractivity contribution < 1.29 is 0 Å². The summed E-state index contributed by atoms with van der Waals surface area (Å²) >= 11 is 0. The van der Waals surface area contributed by atoms with Gasteiger partial charge in [-0.25, -0.2) is 19.5 Å². The molecule has 0 unspecified atom stereocenters. The van der Waals surface area contributed by atoms with E-state index in [2.05, 4.69) is 221 Å². The van der Waals surface area contributed by atoms with Gasteiger partial charge in [0.05, 0.1) is 22.2 Å². The van der Waals surface area contributed by atoms with Crippen molar-refractivity contribution in [1.82, 2.24) is 29.1 Å². The van der Waals surface area contributed by atoms with Crippen LogP contribution >= 0.6 is 0 Å². The maximum atomic E-state index is 5.43. The number of hydrogen-bond acceptors (Lipinski definition) is 4. The van der Waals surface area contributed by atoms with Gasteiger partial charge in [-0.05, 0) is 52.4 Å². The van der Waals surface area contributed by atoms with Crippen LogP contribution in [0.4, 0.5) is 0 Å². The van der Waals surface area contributed by atoms with Crippen LogP contribution in [0.15, 0.2) is 243 Å². The van der Waals surface area contributed by atoms with Gasteiger partial charge in [0.1, 0.15) is 5.69 Å². The fourth-order valence-corrected chi connectivity index (χ4v) is 9.84. The first kappa shape index (κ1) is 39.1. The molecule has 0 bridgehead atoms. The van der Waals surface area contributed by atoms with E-state index in [1.807, 2.05) is 30.3 Å². The first-order valence-corrected chi connectivity index (χ1v) is 22.9. The molecular weight excluding hydrogens is 829 g/mol. The second-order valence-corrected chi connectivity index (χ2v) is 17.0. The fraction of sp³-hybridized carbons (Fsp3) is 0. The Labute approximate surface area is 392 Å². The molecule has 0 aliphatic rings. The van der Waals surface area contributed by atoms with Gasteiger partial charge in [-0.3, -0.25) is 0 Å². The Kier molecular flexibility index (Phi) is 9.39. The Bertz CT molecular complexity index is 3940. The molecule has 0 amide bonds. The van der Waals surface area contributed by atoms with Gasteiger partial charge < -0.3 is 4.57 Å². The summed E-state index contributed by atoms with van der Waals surface area (Å²) in [6, 6.07) is 85.1. The highest BCUT2D eigenvalue weighted by Gasteiger charge is 2.23. The molecule has 13 aromatic rings.